The summed E-state index contributed by atoms with van der Waals surface area (Å²) in [5.74, 6) is 0.873. The number of aromatic nitrogens is 4. The van der Waals surface area contributed by atoms with Crippen molar-refractivity contribution in [3.63, 3.8) is 0 Å². The van der Waals surface area contributed by atoms with Gasteiger partial charge in [0.2, 0.25) is 0 Å². The van der Waals surface area contributed by atoms with Crippen LogP contribution in [0.2, 0.25) is 0 Å². The first-order valence-electron chi connectivity index (χ1n) is 6.29. The van der Waals surface area contributed by atoms with Crippen molar-refractivity contribution in [3.8, 4) is 0 Å². The zero-order chi connectivity index (χ0) is 15.4. The second kappa shape index (κ2) is 6.12. The third kappa shape index (κ3) is 3.62. The molecule has 0 atom stereocenters. The van der Waals surface area contributed by atoms with Crippen molar-refractivity contribution in [2.75, 3.05) is 19.0 Å². The second-order valence-electron chi connectivity index (χ2n) is 4.59. The molecule has 1 amide bonds. The van der Waals surface area contributed by atoms with Crippen LogP contribution in [0.15, 0.2) is 29.2 Å². The molecule has 110 valence electrons. The van der Waals surface area contributed by atoms with E-state index in [9.17, 15) is 9.59 Å². The fourth-order valence-corrected chi connectivity index (χ4v) is 1.60. The molecule has 0 aliphatic carbocycles. The lowest BCUT2D eigenvalue weighted by molar-refractivity contribution is 0.0942. The SMILES string of the molecule is CN(C)c1ccnc(CNC(=O)c2ccc(=O)n(C)n2)n1. The molecule has 0 spiro atoms. The molecule has 2 heterocycles. The van der Waals surface area contributed by atoms with Crippen LogP contribution in [0.1, 0.15) is 16.3 Å². The van der Waals surface area contributed by atoms with E-state index in [1.54, 1.807) is 12.3 Å². The van der Waals surface area contributed by atoms with Crippen LogP contribution in [-0.4, -0.2) is 39.8 Å². The Morgan fingerprint density at radius 3 is 2.76 bits per heavy atom. The normalized spacial score (nSPS) is 10.2. The first kappa shape index (κ1) is 14.6. The highest BCUT2D eigenvalue weighted by Crippen LogP contribution is 2.05. The molecule has 0 radical (unpaired) electrons. The molecule has 8 nitrogen and oxygen atoms in total. The molecular formula is C13H16N6O2. The number of rotatable bonds is 4. The van der Waals surface area contributed by atoms with Gasteiger partial charge < -0.3 is 10.2 Å². The van der Waals surface area contributed by atoms with Crippen LogP contribution in [0, 0.1) is 0 Å². The van der Waals surface area contributed by atoms with Crippen LogP contribution >= 0.6 is 0 Å². The molecule has 0 aliphatic heterocycles. The summed E-state index contributed by atoms with van der Waals surface area (Å²) in [6.07, 6.45) is 1.63. The van der Waals surface area contributed by atoms with Crippen molar-refractivity contribution < 1.29 is 4.79 Å². The van der Waals surface area contributed by atoms with E-state index in [0.29, 0.717) is 5.82 Å². The van der Waals surface area contributed by atoms with Crippen LogP contribution in [0.4, 0.5) is 5.82 Å². The van der Waals surface area contributed by atoms with Gasteiger partial charge in [-0.15, -0.1) is 0 Å². The molecule has 1 N–H and O–H groups in total. The van der Waals surface area contributed by atoms with Crippen molar-refractivity contribution in [2.45, 2.75) is 6.54 Å². The largest absolute Gasteiger partial charge is 0.363 e. The Bertz CT molecular complexity index is 710. The van der Waals surface area contributed by atoms with Gasteiger partial charge in [0.25, 0.3) is 11.5 Å². The molecule has 0 bridgehead atoms. The van der Waals surface area contributed by atoms with Crippen molar-refractivity contribution >= 4 is 11.7 Å². The molecule has 0 aromatic carbocycles. The van der Waals surface area contributed by atoms with Crippen molar-refractivity contribution in [1.29, 1.82) is 0 Å². The van der Waals surface area contributed by atoms with E-state index in [-0.39, 0.29) is 23.7 Å². The third-order valence-corrected chi connectivity index (χ3v) is 2.75. The fourth-order valence-electron chi connectivity index (χ4n) is 1.60. The number of anilines is 1. The van der Waals surface area contributed by atoms with E-state index in [1.165, 1.54) is 19.2 Å². The monoisotopic (exact) mass is 288 g/mol. The lowest BCUT2D eigenvalue weighted by Crippen LogP contribution is -2.28. The van der Waals surface area contributed by atoms with Gasteiger partial charge in [0.05, 0.1) is 6.54 Å². The molecule has 0 fully saturated rings. The summed E-state index contributed by atoms with van der Waals surface area (Å²) in [5.41, 5.74) is -0.102. The Hall–Kier alpha value is -2.77. The van der Waals surface area contributed by atoms with E-state index in [2.05, 4.69) is 20.4 Å². The van der Waals surface area contributed by atoms with Gasteiger partial charge >= 0.3 is 0 Å². The van der Waals surface area contributed by atoms with Crippen molar-refractivity contribution in [2.24, 2.45) is 7.05 Å². The fraction of sp³-hybridized carbons (Fsp3) is 0.308. The molecule has 21 heavy (non-hydrogen) atoms. The summed E-state index contributed by atoms with van der Waals surface area (Å²) in [6, 6.07) is 4.46. The quantitative estimate of drug-likeness (QED) is 0.820. The van der Waals surface area contributed by atoms with Gasteiger partial charge in [-0.1, -0.05) is 0 Å². The summed E-state index contributed by atoms with van der Waals surface area (Å²) in [4.78, 5) is 33.4. The van der Waals surface area contributed by atoms with Gasteiger partial charge in [-0.25, -0.2) is 14.6 Å². The van der Waals surface area contributed by atoms with E-state index < -0.39 is 0 Å². The van der Waals surface area contributed by atoms with Gasteiger partial charge in [0, 0.05) is 33.4 Å². The topological polar surface area (TPSA) is 93.0 Å². The molecule has 0 unspecified atom stereocenters. The van der Waals surface area contributed by atoms with Crippen molar-refractivity contribution in [1.82, 2.24) is 25.1 Å². The summed E-state index contributed by atoms with van der Waals surface area (Å²) < 4.78 is 1.11. The summed E-state index contributed by atoms with van der Waals surface area (Å²) in [6.45, 7) is 0.186. The maximum atomic E-state index is 11.9. The average molecular weight is 288 g/mol. The van der Waals surface area contributed by atoms with Crippen LogP contribution in [0.5, 0.6) is 0 Å². The number of carbonyl (C=O) groups excluding carboxylic acids is 1. The highest BCUT2D eigenvalue weighted by molar-refractivity contribution is 5.91. The Balaban J connectivity index is 2.05. The van der Waals surface area contributed by atoms with E-state index in [0.717, 1.165) is 10.5 Å². The number of amides is 1. The molecule has 0 saturated carbocycles. The summed E-state index contributed by atoms with van der Waals surface area (Å²) in [5, 5.41) is 6.54. The van der Waals surface area contributed by atoms with Crippen LogP contribution < -0.4 is 15.8 Å². The van der Waals surface area contributed by atoms with Crippen LogP contribution in [0.3, 0.4) is 0 Å². The van der Waals surface area contributed by atoms with Crippen molar-refractivity contribution in [3.05, 3.63) is 46.3 Å². The summed E-state index contributed by atoms with van der Waals surface area (Å²) >= 11 is 0. The smallest absolute Gasteiger partial charge is 0.272 e. The van der Waals surface area contributed by atoms with Gasteiger partial charge in [0.1, 0.15) is 17.3 Å². The van der Waals surface area contributed by atoms with Gasteiger partial charge in [0.15, 0.2) is 0 Å². The zero-order valence-corrected chi connectivity index (χ0v) is 12.1. The van der Waals surface area contributed by atoms with Gasteiger partial charge in [-0.2, -0.15) is 5.10 Å². The number of hydrogen-bond acceptors (Lipinski definition) is 6. The molecule has 8 heteroatoms. The summed E-state index contributed by atoms with van der Waals surface area (Å²) in [7, 11) is 5.24. The van der Waals surface area contributed by atoms with E-state index >= 15 is 0 Å². The minimum atomic E-state index is -0.385. The first-order chi connectivity index (χ1) is 9.97. The standard InChI is InChI=1S/C13H16N6O2/c1-18(2)11-6-7-14-10(16-11)8-15-13(21)9-4-5-12(20)19(3)17-9/h4-7H,8H2,1-3H3,(H,15,21). The number of carbonyl (C=O) groups is 1. The van der Waals surface area contributed by atoms with Gasteiger partial charge in [-0.05, 0) is 12.1 Å². The highest BCUT2D eigenvalue weighted by Gasteiger charge is 2.09. The minimum Gasteiger partial charge on any atom is -0.363 e. The molecule has 2 rings (SSSR count). The minimum absolute atomic E-state index is 0.167. The number of nitrogens with zero attached hydrogens (tertiary/aromatic N) is 5. The van der Waals surface area contributed by atoms with E-state index in [1.807, 2.05) is 19.0 Å². The maximum absolute atomic E-state index is 11.9. The lowest BCUT2D eigenvalue weighted by atomic mass is 10.3. The maximum Gasteiger partial charge on any atom is 0.272 e. The Kier molecular flexibility index (Phi) is 4.27. The molecular weight excluding hydrogens is 272 g/mol. The Morgan fingerprint density at radius 2 is 2.10 bits per heavy atom. The third-order valence-electron chi connectivity index (χ3n) is 2.75. The average Bonchev–Trinajstić information content (AvgIpc) is 2.48. The van der Waals surface area contributed by atoms with E-state index in [4.69, 9.17) is 0 Å². The number of nitrogens with one attached hydrogen (secondary N) is 1. The van der Waals surface area contributed by atoms with Gasteiger partial charge in [-0.3, -0.25) is 9.59 Å². The van der Waals surface area contributed by atoms with Crippen LogP contribution in [0.25, 0.3) is 0 Å². The second-order valence-corrected chi connectivity index (χ2v) is 4.59. The zero-order valence-electron chi connectivity index (χ0n) is 12.1. The lowest BCUT2D eigenvalue weighted by Gasteiger charge is -2.11. The molecule has 2 aromatic rings. The molecule has 0 aliphatic rings. The van der Waals surface area contributed by atoms with Crippen LogP contribution in [-0.2, 0) is 13.6 Å². The Morgan fingerprint density at radius 1 is 1.33 bits per heavy atom. The molecule has 0 saturated heterocycles. The number of hydrogen-bond donors (Lipinski definition) is 1. The predicted octanol–water partition coefficient (Wildman–Crippen LogP) is -0.434. The number of aryl methyl sites for hydroxylation is 1. The predicted molar refractivity (Wildman–Crippen MR) is 77.0 cm³/mol. The highest BCUT2D eigenvalue weighted by atomic mass is 16.2. The Labute approximate surface area is 121 Å². The molecule has 2 aromatic heterocycles. The first-order valence-corrected chi connectivity index (χ1v) is 6.29.